The SMILES string of the molecule is CCOC(=O)C1=C(C)NC(=O)N(C(N)=O)C1c1ccc(O)c(OC)c1. The Kier molecular flexibility index (Phi) is 5.16. The molecule has 0 radical (unpaired) electrons. The van der Waals surface area contributed by atoms with Gasteiger partial charge in [-0.2, -0.15) is 0 Å². The topological polar surface area (TPSA) is 131 Å². The van der Waals surface area contributed by atoms with Crippen LogP contribution in [0, 0.1) is 0 Å². The van der Waals surface area contributed by atoms with Crippen LogP contribution >= 0.6 is 0 Å². The molecule has 9 nitrogen and oxygen atoms in total. The molecule has 1 unspecified atom stereocenters. The van der Waals surface area contributed by atoms with Gasteiger partial charge in [0.05, 0.1) is 19.3 Å². The van der Waals surface area contributed by atoms with E-state index in [2.05, 4.69) is 5.32 Å². The van der Waals surface area contributed by atoms with Crippen LogP contribution in [-0.2, 0) is 9.53 Å². The molecule has 0 aromatic heterocycles. The number of primary amides is 1. The number of carbonyl (C=O) groups is 3. The van der Waals surface area contributed by atoms with Crippen molar-refractivity contribution in [1.82, 2.24) is 10.2 Å². The first-order valence-corrected chi connectivity index (χ1v) is 7.46. The van der Waals surface area contributed by atoms with Crippen molar-refractivity contribution < 1.29 is 29.0 Å². The number of amides is 4. The molecule has 0 fully saturated rings. The number of esters is 1. The number of rotatable bonds is 4. The van der Waals surface area contributed by atoms with Gasteiger partial charge in [-0.1, -0.05) is 6.07 Å². The Morgan fingerprint density at radius 3 is 2.64 bits per heavy atom. The molecule has 0 spiro atoms. The number of nitrogens with two attached hydrogens (primary N) is 1. The van der Waals surface area contributed by atoms with Crippen LogP contribution in [0.4, 0.5) is 9.59 Å². The van der Waals surface area contributed by atoms with Gasteiger partial charge in [-0.05, 0) is 31.5 Å². The predicted molar refractivity (Wildman–Crippen MR) is 86.7 cm³/mol. The van der Waals surface area contributed by atoms with Gasteiger partial charge in [0.15, 0.2) is 11.5 Å². The maximum Gasteiger partial charge on any atom is 0.338 e. The molecule has 25 heavy (non-hydrogen) atoms. The molecule has 4 amide bonds. The summed E-state index contributed by atoms with van der Waals surface area (Å²) in [5.41, 5.74) is 6.00. The van der Waals surface area contributed by atoms with Crippen LogP contribution in [0.3, 0.4) is 0 Å². The number of methoxy groups -OCH3 is 1. The van der Waals surface area contributed by atoms with E-state index in [4.69, 9.17) is 15.2 Å². The van der Waals surface area contributed by atoms with Gasteiger partial charge in [0, 0.05) is 5.70 Å². The predicted octanol–water partition coefficient (Wildman–Crippen LogP) is 1.38. The van der Waals surface area contributed by atoms with E-state index >= 15 is 0 Å². The van der Waals surface area contributed by atoms with E-state index in [9.17, 15) is 19.5 Å². The summed E-state index contributed by atoms with van der Waals surface area (Å²) in [5, 5.41) is 12.2. The van der Waals surface area contributed by atoms with Gasteiger partial charge in [-0.15, -0.1) is 0 Å². The van der Waals surface area contributed by atoms with Crippen molar-refractivity contribution >= 4 is 18.0 Å². The molecule has 0 saturated carbocycles. The monoisotopic (exact) mass is 349 g/mol. The number of urea groups is 2. The summed E-state index contributed by atoms with van der Waals surface area (Å²) in [6.07, 6.45) is 0. The van der Waals surface area contributed by atoms with Crippen molar-refractivity contribution in [2.24, 2.45) is 5.73 Å². The molecule has 1 atom stereocenters. The highest BCUT2D eigenvalue weighted by molar-refractivity contribution is 6.01. The van der Waals surface area contributed by atoms with Crippen molar-refractivity contribution in [3.05, 3.63) is 35.0 Å². The molecule has 134 valence electrons. The van der Waals surface area contributed by atoms with Gasteiger partial charge in [-0.25, -0.2) is 19.3 Å². The zero-order chi connectivity index (χ0) is 18.7. The highest BCUT2D eigenvalue weighted by Crippen LogP contribution is 2.37. The summed E-state index contributed by atoms with van der Waals surface area (Å²) in [7, 11) is 1.35. The third kappa shape index (κ3) is 3.35. The van der Waals surface area contributed by atoms with E-state index in [1.807, 2.05) is 0 Å². The van der Waals surface area contributed by atoms with Crippen molar-refractivity contribution in [1.29, 1.82) is 0 Å². The average molecular weight is 349 g/mol. The first-order chi connectivity index (χ1) is 11.8. The Morgan fingerprint density at radius 1 is 1.40 bits per heavy atom. The number of ether oxygens (including phenoxy) is 2. The minimum absolute atomic E-state index is 0.0630. The largest absolute Gasteiger partial charge is 0.504 e. The van der Waals surface area contributed by atoms with Gasteiger partial charge in [0.2, 0.25) is 0 Å². The smallest absolute Gasteiger partial charge is 0.338 e. The van der Waals surface area contributed by atoms with Crippen molar-refractivity contribution in [2.45, 2.75) is 19.9 Å². The Bertz CT molecular complexity index is 758. The zero-order valence-electron chi connectivity index (χ0n) is 14.0. The highest BCUT2D eigenvalue weighted by atomic mass is 16.5. The Morgan fingerprint density at radius 2 is 2.08 bits per heavy atom. The van der Waals surface area contributed by atoms with Gasteiger partial charge in [0.1, 0.15) is 6.04 Å². The number of hydrogen-bond donors (Lipinski definition) is 3. The van der Waals surface area contributed by atoms with Crippen LogP contribution in [-0.4, -0.2) is 41.8 Å². The summed E-state index contributed by atoms with van der Waals surface area (Å²) in [6, 6.07) is 1.29. The van der Waals surface area contributed by atoms with E-state index in [1.54, 1.807) is 6.92 Å². The van der Waals surface area contributed by atoms with Crippen LogP contribution in [0.15, 0.2) is 29.5 Å². The standard InChI is InChI=1S/C16H19N3O6/c1-4-25-14(21)12-8(2)18-16(23)19(15(17)22)13(12)9-5-6-10(20)11(7-9)24-3/h5-7,13,20H,4H2,1-3H3,(H2,17,22)(H,18,23). The summed E-state index contributed by atoms with van der Waals surface area (Å²) in [6.45, 7) is 3.28. The maximum atomic E-state index is 12.4. The second-order valence-electron chi connectivity index (χ2n) is 5.23. The molecular formula is C16H19N3O6. The molecule has 0 saturated heterocycles. The fourth-order valence-corrected chi connectivity index (χ4v) is 2.62. The number of hydrogen-bond acceptors (Lipinski definition) is 6. The number of nitrogens with one attached hydrogen (secondary N) is 1. The molecule has 1 aliphatic heterocycles. The Hall–Kier alpha value is -3.23. The van der Waals surface area contributed by atoms with E-state index in [-0.39, 0.29) is 29.4 Å². The molecule has 2 rings (SSSR count). The number of allylic oxidation sites excluding steroid dienone is 1. The Labute approximate surface area is 144 Å². The fourth-order valence-electron chi connectivity index (χ4n) is 2.62. The zero-order valence-corrected chi connectivity index (χ0v) is 14.0. The maximum absolute atomic E-state index is 12.4. The third-order valence-corrected chi connectivity index (χ3v) is 3.70. The minimum Gasteiger partial charge on any atom is -0.504 e. The van der Waals surface area contributed by atoms with Gasteiger partial charge in [-0.3, -0.25) is 0 Å². The summed E-state index contributed by atoms with van der Waals surface area (Å²) in [4.78, 5) is 37.2. The van der Waals surface area contributed by atoms with Crippen LogP contribution in [0.5, 0.6) is 11.5 Å². The van der Waals surface area contributed by atoms with Crippen molar-refractivity contribution in [3.63, 3.8) is 0 Å². The molecule has 1 aromatic rings. The molecule has 0 aliphatic carbocycles. The van der Waals surface area contributed by atoms with Gasteiger partial charge in [0.25, 0.3) is 0 Å². The number of phenols is 1. The lowest BCUT2D eigenvalue weighted by atomic mass is 9.93. The quantitative estimate of drug-likeness (QED) is 0.704. The first kappa shape index (κ1) is 18.1. The number of nitrogens with zero attached hydrogens (tertiary/aromatic N) is 1. The van der Waals surface area contributed by atoms with Gasteiger partial charge >= 0.3 is 18.0 Å². The van der Waals surface area contributed by atoms with Crippen molar-refractivity contribution in [2.75, 3.05) is 13.7 Å². The van der Waals surface area contributed by atoms with E-state index in [1.165, 1.54) is 32.2 Å². The van der Waals surface area contributed by atoms with Crippen LogP contribution in [0.2, 0.25) is 0 Å². The molecule has 1 aromatic carbocycles. The average Bonchev–Trinajstić information content (AvgIpc) is 2.54. The normalized spacial score (nSPS) is 17.2. The summed E-state index contributed by atoms with van der Waals surface area (Å²) < 4.78 is 10.1. The minimum atomic E-state index is -1.11. The Balaban J connectivity index is 2.67. The van der Waals surface area contributed by atoms with E-state index < -0.39 is 24.1 Å². The molecule has 1 aliphatic rings. The van der Waals surface area contributed by atoms with E-state index in [0.29, 0.717) is 10.5 Å². The lowest BCUT2D eigenvalue weighted by molar-refractivity contribution is -0.139. The van der Waals surface area contributed by atoms with Crippen LogP contribution in [0.1, 0.15) is 25.5 Å². The second-order valence-corrected chi connectivity index (χ2v) is 5.23. The number of imide groups is 1. The number of phenolic OH excluding ortho intramolecular Hbond substituents is 1. The molecule has 4 N–H and O–H groups in total. The first-order valence-electron chi connectivity index (χ1n) is 7.46. The number of benzene rings is 1. The summed E-state index contributed by atoms with van der Waals surface area (Å²) in [5.74, 6) is -0.701. The molecule has 1 heterocycles. The molecular weight excluding hydrogens is 330 g/mol. The number of aromatic hydroxyl groups is 1. The third-order valence-electron chi connectivity index (χ3n) is 3.70. The van der Waals surface area contributed by atoms with Gasteiger partial charge < -0.3 is 25.6 Å². The molecule has 9 heteroatoms. The van der Waals surface area contributed by atoms with Crippen molar-refractivity contribution in [3.8, 4) is 11.5 Å². The lowest BCUT2D eigenvalue weighted by Crippen LogP contribution is -2.53. The molecule has 0 bridgehead atoms. The van der Waals surface area contributed by atoms with Crippen LogP contribution < -0.4 is 15.8 Å². The van der Waals surface area contributed by atoms with E-state index in [0.717, 1.165) is 0 Å². The number of carbonyl (C=O) groups excluding carboxylic acids is 3. The summed E-state index contributed by atoms with van der Waals surface area (Å²) >= 11 is 0. The highest BCUT2D eigenvalue weighted by Gasteiger charge is 2.41. The van der Waals surface area contributed by atoms with Crippen LogP contribution in [0.25, 0.3) is 0 Å². The fraction of sp³-hybridized carbons (Fsp3) is 0.312. The lowest BCUT2D eigenvalue weighted by Gasteiger charge is -2.35. The second kappa shape index (κ2) is 7.12.